The average molecular weight is 337 g/mol. The first kappa shape index (κ1) is 17.5. The van der Waals surface area contributed by atoms with Gasteiger partial charge in [0.2, 0.25) is 5.91 Å². The lowest BCUT2D eigenvalue weighted by atomic mass is 9.89. The lowest BCUT2D eigenvalue weighted by molar-refractivity contribution is -0.137. The fraction of sp³-hybridized carbons (Fsp3) is 0.188. The van der Waals surface area contributed by atoms with Crippen molar-refractivity contribution >= 4 is 11.8 Å². The topological polar surface area (TPSA) is 85.1 Å². The lowest BCUT2D eigenvalue weighted by Gasteiger charge is -2.28. The van der Waals surface area contributed by atoms with Crippen molar-refractivity contribution in [1.82, 2.24) is 10.3 Å². The van der Waals surface area contributed by atoms with E-state index >= 15 is 0 Å². The molecule has 2 aromatic rings. The Morgan fingerprint density at radius 3 is 2.29 bits per heavy atom. The van der Waals surface area contributed by atoms with Crippen LogP contribution in [-0.2, 0) is 16.5 Å². The van der Waals surface area contributed by atoms with Crippen molar-refractivity contribution in [2.24, 2.45) is 5.73 Å². The summed E-state index contributed by atoms with van der Waals surface area (Å²) in [6.07, 6.45) is -3.21. The van der Waals surface area contributed by atoms with Gasteiger partial charge in [0.1, 0.15) is 11.2 Å². The van der Waals surface area contributed by atoms with Gasteiger partial charge in [0.15, 0.2) is 0 Å². The number of amides is 2. The molecule has 1 aromatic carbocycles. The van der Waals surface area contributed by atoms with E-state index in [-0.39, 0.29) is 11.3 Å². The molecule has 8 heteroatoms. The highest BCUT2D eigenvalue weighted by Gasteiger charge is 2.38. The van der Waals surface area contributed by atoms with Gasteiger partial charge in [-0.2, -0.15) is 13.2 Å². The van der Waals surface area contributed by atoms with Crippen molar-refractivity contribution in [3.63, 3.8) is 0 Å². The predicted octanol–water partition coefficient (Wildman–Crippen LogP) is 2.23. The zero-order chi connectivity index (χ0) is 18.0. The highest BCUT2D eigenvalue weighted by molar-refractivity contribution is 5.97. The fourth-order valence-electron chi connectivity index (χ4n) is 2.07. The molecule has 5 nitrogen and oxygen atoms in total. The standard InChI is InChI=1S/C16H14F3N3O2/c1-15(14(20)24,22-13(23)12-7-2-3-8-21-12)10-5-4-6-11(9-10)16(17,18)19/h2-9H,1H3,(H2,20,24)(H,22,23)/t15-/m0/s1. The highest BCUT2D eigenvalue weighted by atomic mass is 19.4. The van der Waals surface area contributed by atoms with Crippen LogP contribution in [0.15, 0.2) is 48.7 Å². The van der Waals surface area contributed by atoms with Gasteiger partial charge in [-0.05, 0) is 36.8 Å². The first-order chi connectivity index (χ1) is 11.1. The summed E-state index contributed by atoms with van der Waals surface area (Å²) in [4.78, 5) is 27.9. The van der Waals surface area contributed by atoms with Crippen molar-refractivity contribution in [3.05, 3.63) is 65.5 Å². The minimum Gasteiger partial charge on any atom is -0.367 e. The van der Waals surface area contributed by atoms with Crippen molar-refractivity contribution in [2.45, 2.75) is 18.6 Å². The third-order valence-corrected chi connectivity index (χ3v) is 3.52. The first-order valence-corrected chi connectivity index (χ1v) is 6.86. The molecule has 1 atom stereocenters. The monoisotopic (exact) mass is 337 g/mol. The molecule has 126 valence electrons. The lowest BCUT2D eigenvalue weighted by Crippen LogP contribution is -2.53. The van der Waals surface area contributed by atoms with E-state index in [0.717, 1.165) is 18.2 Å². The fourth-order valence-corrected chi connectivity index (χ4v) is 2.07. The summed E-state index contributed by atoms with van der Waals surface area (Å²) in [7, 11) is 0. The number of carbonyl (C=O) groups is 2. The van der Waals surface area contributed by atoms with Crippen LogP contribution in [0.3, 0.4) is 0 Å². The molecule has 0 radical (unpaired) electrons. The number of halogens is 3. The minimum atomic E-state index is -4.58. The van der Waals surface area contributed by atoms with Gasteiger partial charge in [-0.25, -0.2) is 0 Å². The molecule has 2 amide bonds. The van der Waals surface area contributed by atoms with Crippen LogP contribution in [0.2, 0.25) is 0 Å². The zero-order valence-electron chi connectivity index (χ0n) is 12.6. The molecule has 0 spiro atoms. The Bertz CT molecular complexity index is 763. The van der Waals surface area contributed by atoms with Gasteiger partial charge in [-0.15, -0.1) is 0 Å². The molecule has 1 aromatic heterocycles. The Balaban J connectivity index is 2.41. The Morgan fingerprint density at radius 2 is 1.75 bits per heavy atom. The second-order valence-corrected chi connectivity index (χ2v) is 5.24. The van der Waals surface area contributed by atoms with E-state index in [4.69, 9.17) is 5.73 Å². The average Bonchev–Trinajstić information content (AvgIpc) is 2.54. The van der Waals surface area contributed by atoms with Gasteiger partial charge in [-0.3, -0.25) is 14.6 Å². The van der Waals surface area contributed by atoms with Crippen LogP contribution in [0.1, 0.15) is 28.5 Å². The Hall–Kier alpha value is -2.90. The molecular weight excluding hydrogens is 323 g/mol. The number of benzene rings is 1. The molecule has 0 unspecified atom stereocenters. The van der Waals surface area contributed by atoms with Gasteiger partial charge in [0.05, 0.1) is 5.56 Å². The Morgan fingerprint density at radius 1 is 1.08 bits per heavy atom. The number of pyridine rings is 1. The van der Waals surface area contributed by atoms with Gasteiger partial charge < -0.3 is 11.1 Å². The van der Waals surface area contributed by atoms with Crippen LogP contribution in [-0.4, -0.2) is 16.8 Å². The van der Waals surface area contributed by atoms with Crippen LogP contribution in [0.5, 0.6) is 0 Å². The molecule has 3 N–H and O–H groups in total. The quantitative estimate of drug-likeness (QED) is 0.897. The van der Waals surface area contributed by atoms with Crippen LogP contribution >= 0.6 is 0 Å². The third kappa shape index (κ3) is 3.53. The van der Waals surface area contributed by atoms with Gasteiger partial charge in [0, 0.05) is 6.20 Å². The Kier molecular flexibility index (Phi) is 4.59. The van der Waals surface area contributed by atoms with Crippen LogP contribution in [0.4, 0.5) is 13.2 Å². The van der Waals surface area contributed by atoms with Crippen molar-refractivity contribution in [1.29, 1.82) is 0 Å². The number of aromatic nitrogens is 1. The van der Waals surface area contributed by atoms with Crippen LogP contribution in [0.25, 0.3) is 0 Å². The summed E-state index contributed by atoms with van der Waals surface area (Å²) in [5.74, 6) is -1.72. The van der Waals surface area contributed by atoms with E-state index in [9.17, 15) is 22.8 Å². The second-order valence-electron chi connectivity index (χ2n) is 5.24. The first-order valence-electron chi connectivity index (χ1n) is 6.86. The number of nitrogens with two attached hydrogens (primary N) is 1. The molecule has 0 bridgehead atoms. The Labute approximate surface area is 135 Å². The van der Waals surface area contributed by atoms with E-state index in [1.165, 1.54) is 25.3 Å². The summed E-state index contributed by atoms with van der Waals surface area (Å²) in [6.45, 7) is 1.24. The molecule has 0 aliphatic carbocycles. The SMILES string of the molecule is C[C@@](NC(=O)c1ccccn1)(C(N)=O)c1cccc(C(F)(F)F)c1. The molecule has 24 heavy (non-hydrogen) atoms. The van der Waals surface area contributed by atoms with E-state index in [2.05, 4.69) is 10.3 Å². The highest BCUT2D eigenvalue weighted by Crippen LogP contribution is 2.32. The van der Waals surface area contributed by atoms with E-state index < -0.39 is 29.1 Å². The smallest absolute Gasteiger partial charge is 0.367 e. The summed E-state index contributed by atoms with van der Waals surface area (Å²) in [6, 6.07) is 8.65. The zero-order valence-corrected chi connectivity index (χ0v) is 12.6. The van der Waals surface area contributed by atoms with E-state index in [1.807, 2.05) is 0 Å². The molecule has 2 rings (SSSR count). The van der Waals surface area contributed by atoms with Crippen LogP contribution < -0.4 is 11.1 Å². The van der Waals surface area contributed by atoms with E-state index in [1.54, 1.807) is 12.1 Å². The second kappa shape index (κ2) is 6.31. The number of hydrogen-bond acceptors (Lipinski definition) is 3. The minimum absolute atomic E-state index is 0.0111. The molecule has 0 fully saturated rings. The molecule has 0 saturated heterocycles. The maximum absolute atomic E-state index is 12.9. The van der Waals surface area contributed by atoms with Crippen molar-refractivity contribution < 1.29 is 22.8 Å². The number of rotatable bonds is 4. The number of nitrogens with zero attached hydrogens (tertiary/aromatic N) is 1. The molecule has 0 saturated carbocycles. The predicted molar refractivity (Wildman–Crippen MR) is 79.7 cm³/mol. The summed E-state index contributed by atoms with van der Waals surface area (Å²) >= 11 is 0. The van der Waals surface area contributed by atoms with Gasteiger partial charge in [-0.1, -0.05) is 18.2 Å². The number of primary amides is 1. The number of hydrogen-bond donors (Lipinski definition) is 2. The molecule has 0 aliphatic rings. The summed E-state index contributed by atoms with van der Waals surface area (Å²) in [5, 5.41) is 2.36. The van der Waals surface area contributed by atoms with Gasteiger partial charge in [0.25, 0.3) is 5.91 Å². The largest absolute Gasteiger partial charge is 0.416 e. The van der Waals surface area contributed by atoms with Crippen molar-refractivity contribution in [3.8, 4) is 0 Å². The van der Waals surface area contributed by atoms with E-state index in [0.29, 0.717) is 0 Å². The number of carbonyl (C=O) groups excluding carboxylic acids is 2. The summed E-state index contributed by atoms with van der Waals surface area (Å²) < 4.78 is 38.6. The molecule has 1 heterocycles. The summed E-state index contributed by atoms with van der Waals surface area (Å²) in [5.41, 5.74) is 2.50. The normalized spacial score (nSPS) is 13.8. The maximum Gasteiger partial charge on any atom is 0.416 e. The molecule has 0 aliphatic heterocycles. The number of nitrogens with one attached hydrogen (secondary N) is 1. The number of alkyl halides is 3. The molecular formula is C16H14F3N3O2. The van der Waals surface area contributed by atoms with Crippen molar-refractivity contribution in [2.75, 3.05) is 0 Å². The van der Waals surface area contributed by atoms with Crippen LogP contribution in [0, 0.1) is 0 Å². The third-order valence-electron chi connectivity index (χ3n) is 3.52. The maximum atomic E-state index is 12.9. The van der Waals surface area contributed by atoms with Gasteiger partial charge >= 0.3 is 6.18 Å².